The van der Waals surface area contributed by atoms with Crippen LogP contribution in [0.4, 0.5) is 0 Å². The van der Waals surface area contributed by atoms with Crippen LogP contribution in [0.5, 0.6) is 0 Å². The highest BCUT2D eigenvalue weighted by molar-refractivity contribution is 5.68. The summed E-state index contributed by atoms with van der Waals surface area (Å²) in [4.78, 5) is 15.8. The summed E-state index contributed by atoms with van der Waals surface area (Å²) < 4.78 is 0. The molecule has 0 bridgehead atoms. The molecule has 3 N–H and O–H groups in total. The second kappa shape index (κ2) is 5.91. The van der Waals surface area contributed by atoms with Crippen molar-refractivity contribution in [1.82, 2.24) is 19.9 Å². The molecule has 0 saturated carbocycles. The van der Waals surface area contributed by atoms with Crippen LogP contribution < -0.4 is 5.73 Å². The predicted octanol–water partition coefficient (Wildman–Crippen LogP) is 1.91. The summed E-state index contributed by atoms with van der Waals surface area (Å²) in [5, 5.41) is 0. The molecule has 0 saturated heterocycles. The Balaban J connectivity index is 2.00. The topological polar surface area (TPSA) is 80.5 Å². The second-order valence-electron chi connectivity index (χ2n) is 5.06. The lowest BCUT2D eigenvalue weighted by Crippen LogP contribution is -2.15. The van der Waals surface area contributed by atoms with E-state index in [9.17, 15) is 0 Å². The summed E-state index contributed by atoms with van der Waals surface area (Å²) in [6, 6.07) is 0. The second-order valence-corrected chi connectivity index (χ2v) is 5.06. The molecule has 0 aliphatic rings. The van der Waals surface area contributed by atoms with Crippen molar-refractivity contribution < 1.29 is 0 Å². The van der Waals surface area contributed by atoms with Gasteiger partial charge in [0.15, 0.2) is 5.65 Å². The number of imidazole rings is 1. The molecule has 0 spiro atoms. The number of rotatable bonds is 6. The van der Waals surface area contributed by atoms with E-state index >= 15 is 0 Å². The minimum atomic E-state index is 0.661. The number of aromatic nitrogens is 4. The summed E-state index contributed by atoms with van der Waals surface area (Å²) in [5.41, 5.74) is 7.32. The smallest absolute Gasteiger partial charge is 0.180 e. The number of hydrogen-bond donors (Lipinski definition) is 2. The number of hydrogen-bond acceptors (Lipinski definition) is 4. The molecule has 0 aromatic carbocycles. The Hall–Kier alpha value is -1.49. The molecule has 1 unspecified atom stereocenters. The number of fused-ring (bicyclic) bond motifs is 1. The molecule has 1 atom stereocenters. The highest BCUT2D eigenvalue weighted by atomic mass is 15.0. The molecule has 98 valence electrons. The van der Waals surface area contributed by atoms with Gasteiger partial charge in [0.2, 0.25) is 0 Å². The van der Waals surface area contributed by atoms with Gasteiger partial charge in [-0.15, -0.1) is 0 Å². The molecule has 2 aromatic rings. The van der Waals surface area contributed by atoms with E-state index in [1.165, 1.54) is 6.33 Å². The zero-order valence-electron chi connectivity index (χ0n) is 11.1. The first-order valence-corrected chi connectivity index (χ1v) is 6.55. The Morgan fingerprint density at radius 1 is 1.33 bits per heavy atom. The van der Waals surface area contributed by atoms with E-state index in [2.05, 4.69) is 33.8 Å². The number of aryl methyl sites for hydroxylation is 1. The van der Waals surface area contributed by atoms with Crippen LogP contribution in [0.15, 0.2) is 12.5 Å². The van der Waals surface area contributed by atoms with Gasteiger partial charge < -0.3 is 10.7 Å². The standard InChI is InChI=1S/C13H21N5/c1-9(2)10(5-6-14)3-4-12-17-11-7-15-8-16-13(11)18-12/h7-10H,3-6,14H2,1-2H3,(H,15,16,17,18). The average Bonchev–Trinajstić information content (AvgIpc) is 2.76. The first-order chi connectivity index (χ1) is 8.70. The minimum absolute atomic E-state index is 0.661. The van der Waals surface area contributed by atoms with E-state index < -0.39 is 0 Å². The van der Waals surface area contributed by atoms with Crippen molar-refractivity contribution in [2.75, 3.05) is 6.54 Å². The number of nitrogens with zero attached hydrogens (tertiary/aromatic N) is 3. The van der Waals surface area contributed by atoms with E-state index in [-0.39, 0.29) is 0 Å². The zero-order valence-corrected chi connectivity index (χ0v) is 11.1. The highest BCUT2D eigenvalue weighted by Gasteiger charge is 2.13. The van der Waals surface area contributed by atoms with Crippen LogP contribution in [0.3, 0.4) is 0 Å². The van der Waals surface area contributed by atoms with Gasteiger partial charge in [0, 0.05) is 6.42 Å². The Morgan fingerprint density at radius 2 is 2.17 bits per heavy atom. The SMILES string of the molecule is CC(C)C(CCN)CCc1nc2ncncc2[nH]1. The van der Waals surface area contributed by atoms with E-state index in [4.69, 9.17) is 5.73 Å². The number of H-pyrrole nitrogens is 1. The summed E-state index contributed by atoms with van der Waals surface area (Å²) in [7, 11) is 0. The van der Waals surface area contributed by atoms with Gasteiger partial charge in [-0.2, -0.15) is 0 Å². The van der Waals surface area contributed by atoms with Gasteiger partial charge in [0.1, 0.15) is 17.7 Å². The molecule has 0 aliphatic heterocycles. The third-order valence-corrected chi connectivity index (χ3v) is 3.44. The average molecular weight is 247 g/mol. The minimum Gasteiger partial charge on any atom is -0.339 e. The van der Waals surface area contributed by atoms with Gasteiger partial charge in [-0.3, -0.25) is 0 Å². The van der Waals surface area contributed by atoms with Crippen LogP contribution in [-0.2, 0) is 6.42 Å². The van der Waals surface area contributed by atoms with E-state index in [0.29, 0.717) is 11.8 Å². The first kappa shape index (κ1) is 13.0. The predicted molar refractivity (Wildman–Crippen MR) is 72.0 cm³/mol. The lowest BCUT2D eigenvalue weighted by Gasteiger charge is -2.19. The third kappa shape index (κ3) is 3.04. The fraction of sp³-hybridized carbons (Fsp3) is 0.615. The van der Waals surface area contributed by atoms with Crippen LogP contribution in [0.2, 0.25) is 0 Å². The quantitative estimate of drug-likeness (QED) is 0.817. The molecular formula is C13H21N5. The van der Waals surface area contributed by atoms with Gasteiger partial charge in [0.25, 0.3) is 0 Å². The molecule has 2 aromatic heterocycles. The molecule has 2 rings (SSSR count). The summed E-state index contributed by atoms with van der Waals surface area (Å²) >= 11 is 0. The van der Waals surface area contributed by atoms with Crippen LogP contribution >= 0.6 is 0 Å². The van der Waals surface area contributed by atoms with Crippen LogP contribution in [0.25, 0.3) is 11.2 Å². The fourth-order valence-electron chi connectivity index (χ4n) is 2.28. The lowest BCUT2D eigenvalue weighted by molar-refractivity contribution is 0.339. The van der Waals surface area contributed by atoms with Crippen molar-refractivity contribution in [3.63, 3.8) is 0 Å². The Bertz CT molecular complexity index is 458. The summed E-state index contributed by atoms with van der Waals surface area (Å²) in [6.07, 6.45) is 6.43. The van der Waals surface area contributed by atoms with Gasteiger partial charge in [-0.1, -0.05) is 13.8 Å². The van der Waals surface area contributed by atoms with Crippen molar-refractivity contribution in [1.29, 1.82) is 0 Å². The third-order valence-electron chi connectivity index (χ3n) is 3.44. The molecule has 0 aliphatic carbocycles. The molecule has 2 heterocycles. The largest absolute Gasteiger partial charge is 0.339 e. The summed E-state index contributed by atoms with van der Waals surface area (Å²) in [6.45, 7) is 5.27. The van der Waals surface area contributed by atoms with Crippen molar-refractivity contribution in [3.05, 3.63) is 18.3 Å². The van der Waals surface area contributed by atoms with Gasteiger partial charge in [0.05, 0.1) is 6.20 Å². The maximum Gasteiger partial charge on any atom is 0.180 e. The molecule has 18 heavy (non-hydrogen) atoms. The number of aromatic amines is 1. The molecule has 5 heteroatoms. The van der Waals surface area contributed by atoms with Crippen LogP contribution in [-0.4, -0.2) is 26.5 Å². The number of nitrogens with one attached hydrogen (secondary N) is 1. The monoisotopic (exact) mass is 247 g/mol. The Kier molecular flexibility index (Phi) is 4.25. The van der Waals surface area contributed by atoms with Crippen molar-refractivity contribution in [2.24, 2.45) is 17.6 Å². The first-order valence-electron chi connectivity index (χ1n) is 6.55. The highest BCUT2D eigenvalue weighted by Crippen LogP contribution is 2.20. The van der Waals surface area contributed by atoms with Crippen LogP contribution in [0.1, 0.15) is 32.5 Å². The lowest BCUT2D eigenvalue weighted by atomic mass is 9.88. The van der Waals surface area contributed by atoms with Gasteiger partial charge >= 0.3 is 0 Å². The Labute approximate surface area is 107 Å². The fourth-order valence-corrected chi connectivity index (χ4v) is 2.28. The number of nitrogens with two attached hydrogens (primary N) is 1. The van der Waals surface area contributed by atoms with Crippen molar-refractivity contribution >= 4 is 11.2 Å². The maximum atomic E-state index is 5.66. The zero-order chi connectivity index (χ0) is 13.0. The van der Waals surface area contributed by atoms with E-state index in [1.807, 2.05) is 0 Å². The maximum absolute atomic E-state index is 5.66. The van der Waals surface area contributed by atoms with E-state index in [0.717, 1.165) is 42.8 Å². The molecule has 5 nitrogen and oxygen atoms in total. The normalized spacial score (nSPS) is 13.3. The van der Waals surface area contributed by atoms with E-state index in [1.54, 1.807) is 6.20 Å². The van der Waals surface area contributed by atoms with Crippen molar-refractivity contribution in [2.45, 2.75) is 33.1 Å². The molecular weight excluding hydrogens is 226 g/mol. The Morgan fingerprint density at radius 3 is 2.83 bits per heavy atom. The molecule has 0 radical (unpaired) electrons. The van der Waals surface area contributed by atoms with Gasteiger partial charge in [-0.25, -0.2) is 15.0 Å². The summed E-state index contributed by atoms with van der Waals surface area (Å²) in [5.74, 6) is 2.32. The van der Waals surface area contributed by atoms with Gasteiger partial charge in [-0.05, 0) is 31.2 Å². The van der Waals surface area contributed by atoms with Crippen molar-refractivity contribution in [3.8, 4) is 0 Å². The molecule has 0 fully saturated rings. The molecule has 0 amide bonds. The van der Waals surface area contributed by atoms with Crippen LogP contribution in [0, 0.1) is 11.8 Å².